The average Bonchev–Trinajstić information content (AvgIpc) is 2.97. The second kappa shape index (κ2) is 15.7. The Balaban J connectivity index is 1.38. The first kappa shape index (κ1) is 35.1. The predicted molar refractivity (Wildman–Crippen MR) is 169 cm³/mol. The van der Waals surface area contributed by atoms with Crippen molar-refractivity contribution in [3.05, 3.63) is 46.3 Å². The van der Waals surface area contributed by atoms with Crippen molar-refractivity contribution >= 4 is 11.6 Å². The van der Waals surface area contributed by atoms with Gasteiger partial charge in [0.1, 0.15) is 6.61 Å². The van der Waals surface area contributed by atoms with Crippen LogP contribution < -0.4 is 9.47 Å². The number of methoxy groups -OCH3 is 1. The highest BCUT2D eigenvalue weighted by atomic mass is 16.6. The molecule has 45 heavy (non-hydrogen) atoms. The number of benzene rings is 1. The van der Waals surface area contributed by atoms with E-state index in [9.17, 15) is 9.59 Å². The maximum Gasteiger partial charge on any atom is 0.162 e. The first-order valence-corrected chi connectivity index (χ1v) is 16.0. The summed E-state index contributed by atoms with van der Waals surface area (Å²) < 4.78 is 33.4. The van der Waals surface area contributed by atoms with Gasteiger partial charge in [-0.25, -0.2) is 0 Å². The molecule has 0 spiro atoms. The van der Waals surface area contributed by atoms with E-state index in [-0.39, 0.29) is 29.0 Å². The van der Waals surface area contributed by atoms with E-state index < -0.39 is 5.92 Å². The maximum absolute atomic E-state index is 13.7. The van der Waals surface area contributed by atoms with Crippen LogP contribution in [0.1, 0.15) is 64.9 Å². The minimum absolute atomic E-state index is 0.00903. The maximum atomic E-state index is 13.7. The van der Waals surface area contributed by atoms with Gasteiger partial charge in [-0.1, -0.05) is 33.8 Å². The fourth-order valence-corrected chi connectivity index (χ4v) is 6.52. The van der Waals surface area contributed by atoms with Crippen LogP contribution in [-0.4, -0.2) is 102 Å². The first-order valence-electron chi connectivity index (χ1n) is 16.0. The van der Waals surface area contributed by atoms with E-state index >= 15 is 0 Å². The van der Waals surface area contributed by atoms with Crippen molar-refractivity contribution in [1.82, 2.24) is 4.90 Å². The Labute approximate surface area is 267 Å². The van der Waals surface area contributed by atoms with Gasteiger partial charge in [0, 0.05) is 48.3 Å². The summed E-state index contributed by atoms with van der Waals surface area (Å²) in [5.41, 5.74) is 4.13. The molecule has 250 valence electrons. The molecule has 0 amide bonds. The Bertz CT molecular complexity index is 1210. The summed E-state index contributed by atoms with van der Waals surface area (Å²) in [6, 6.07) is 5.73. The van der Waals surface area contributed by atoms with E-state index in [1.54, 1.807) is 7.11 Å². The van der Waals surface area contributed by atoms with E-state index in [0.29, 0.717) is 83.8 Å². The van der Waals surface area contributed by atoms with E-state index in [4.69, 9.17) is 33.5 Å². The molecular weight excluding hydrogens is 578 g/mol. The van der Waals surface area contributed by atoms with E-state index in [0.717, 1.165) is 40.9 Å². The number of nitrogens with zero attached hydrogens (tertiary/aromatic N) is 1. The quantitative estimate of drug-likeness (QED) is 0.248. The van der Waals surface area contributed by atoms with Crippen molar-refractivity contribution in [2.75, 3.05) is 80.2 Å². The van der Waals surface area contributed by atoms with Crippen LogP contribution in [0.2, 0.25) is 0 Å². The summed E-state index contributed by atoms with van der Waals surface area (Å²) in [5.74, 6) is 0.922. The normalized spacial score (nSPS) is 19.6. The van der Waals surface area contributed by atoms with Crippen LogP contribution in [0.5, 0.6) is 11.5 Å². The molecular formula is C35H51NO9. The Morgan fingerprint density at radius 2 is 1.18 bits per heavy atom. The average molecular weight is 630 g/mol. The standard InChI is InChI=1S/C35H51NO9/c1-34(2)20-25-32(27(38)22-34)31(33-26(36(25)5)21-35(3,4)23-28(33)39)24-7-8-29(30(19-24)40-6)45-18-17-44-16-15-43-14-13-42-12-11-41-10-9-37/h7-8,19,31,37H,9-18,20-23H2,1-6H3. The molecule has 1 heterocycles. The third kappa shape index (κ3) is 8.95. The number of aliphatic hydroxyl groups excluding tert-OH is 1. The van der Waals surface area contributed by atoms with Crippen molar-refractivity contribution < 1.29 is 43.1 Å². The SMILES string of the molecule is COc1cc(C2C3=C(CC(C)(C)CC3=O)N(C)C3=C2C(=O)CC(C)(C)C3)ccc1OCCOCCOCCOCCOCCO. The Kier molecular flexibility index (Phi) is 12.2. The number of ketones is 2. The monoisotopic (exact) mass is 629 g/mol. The van der Waals surface area contributed by atoms with Gasteiger partial charge in [-0.15, -0.1) is 0 Å². The van der Waals surface area contributed by atoms with Crippen LogP contribution in [0.25, 0.3) is 0 Å². The van der Waals surface area contributed by atoms with Crippen LogP contribution in [0.15, 0.2) is 40.7 Å². The third-order valence-electron chi connectivity index (χ3n) is 8.54. The van der Waals surface area contributed by atoms with E-state index in [1.807, 2.05) is 25.2 Å². The number of carbonyl (C=O) groups excluding carboxylic acids is 2. The zero-order chi connectivity index (χ0) is 32.6. The molecule has 1 aliphatic heterocycles. The van der Waals surface area contributed by atoms with Gasteiger partial charge < -0.3 is 38.4 Å². The van der Waals surface area contributed by atoms with Gasteiger partial charge in [-0.3, -0.25) is 9.59 Å². The van der Waals surface area contributed by atoms with Crippen molar-refractivity contribution in [2.24, 2.45) is 10.8 Å². The molecule has 1 aromatic rings. The van der Waals surface area contributed by atoms with Crippen LogP contribution in [-0.2, 0) is 28.5 Å². The van der Waals surface area contributed by atoms with Crippen LogP contribution in [0, 0.1) is 10.8 Å². The number of hydrogen-bond acceptors (Lipinski definition) is 10. The van der Waals surface area contributed by atoms with Crippen molar-refractivity contribution in [1.29, 1.82) is 0 Å². The highest BCUT2D eigenvalue weighted by molar-refractivity contribution is 6.06. The first-order chi connectivity index (χ1) is 21.5. The second-order valence-electron chi connectivity index (χ2n) is 13.5. The zero-order valence-corrected chi connectivity index (χ0v) is 27.9. The molecule has 4 rings (SSSR count). The number of aliphatic hydroxyl groups is 1. The summed E-state index contributed by atoms with van der Waals surface area (Å²) in [7, 11) is 3.61. The minimum Gasteiger partial charge on any atom is -0.493 e. The lowest BCUT2D eigenvalue weighted by Gasteiger charge is -2.47. The number of ether oxygens (including phenoxy) is 6. The molecule has 10 heteroatoms. The van der Waals surface area contributed by atoms with Gasteiger partial charge >= 0.3 is 0 Å². The highest BCUT2D eigenvalue weighted by Crippen LogP contribution is 2.54. The summed E-state index contributed by atoms with van der Waals surface area (Å²) in [6.07, 6.45) is 2.48. The molecule has 0 atom stereocenters. The Morgan fingerprint density at radius 1 is 0.711 bits per heavy atom. The molecule has 2 aliphatic carbocycles. The molecule has 0 saturated carbocycles. The molecule has 0 unspecified atom stereocenters. The molecule has 1 N–H and O–H groups in total. The van der Waals surface area contributed by atoms with Gasteiger partial charge in [-0.05, 0) is 41.4 Å². The number of Topliss-reactive ketones (excluding diaryl/α,β-unsaturated/α-hetero) is 2. The summed E-state index contributed by atoms with van der Waals surface area (Å²) in [6.45, 7) is 12.3. The minimum atomic E-state index is -0.422. The smallest absolute Gasteiger partial charge is 0.162 e. The van der Waals surface area contributed by atoms with Gasteiger partial charge in [0.25, 0.3) is 0 Å². The second-order valence-corrected chi connectivity index (χ2v) is 13.5. The third-order valence-corrected chi connectivity index (χ3v) is 8.54. The van der Waals surface area contributed by atoms with Gasteiger partial charge in [-0.2, -0.15) is 0 Å². The highest BCUT2D eigenvalue weighted by Gasteiger charge is 2.48. The number of carbonyl (C=O) groups is 2. The number of rotatable bonds is 17. The number of allylic oxidation sites excluding steroid dienone is 4. The van der Waals surface area contributed by atoms with Crippen LogP contribution >= 0.6 is 0 Å². The molecule has 0 saturated heterocycles. The van der Waals surface area contributed by atoms with Gasteiger partial charge in [0.05, 0.1) is 66.6 Å². The van der Waals surface area contributed by atoms with E-state index in [2.05, 4.69) is 32.6 Å². The summed E-state index contributed by atoms with van der Waals surface area (Å²) in [5, 5.41) is 8.66. The summed E-state index contributed by atoms with van der Waals surface area (Å²) in [4.78, 5) is 29.6. The van der Waals surface area contributed by atoms with Gasteiger partial charge in [0.2, 0.25) is 0 Å². The Morgan fingerprint density at radius 3 is 1.64 bits per heavy atom. The zero-order valence-electron chi connectivity index (χ0n) is 27.9. The number of hydrogen-bond donors (Lipinski definition) is 1. The molecule has 3 aliphatic rings. The topological polar surface area (TPSA) is 113 Å². The predicted octanol–water partition coefficient (Wildman–Crippen LogP) is 4.45. The molecule has 1 aromatic carbocycles. The fraction of sp³-hybridized carbons (Fsp3) is 0.657. The van der Waals surface area contributed by atoms with Crippen molar-refractivity contribution in [2.45, 2.75) is 59.3 Å². The molecule has 10 nitrogen and oxygen atoms in total. The van der Waals surface area contributed by atoms with Crippen LogP contribution in [0.3, 0.4) is 0 Å². The largest absolute Gasteiger partial charge is 0.493 e. The Hall–Kier alpha value is -2.76. The molecule has 0 aromatic heterocycles. The van der Waals surface area contributed by atoms with Gasteiger partial charge in [0.15, 0.2) is 23.1 Å². The summed E-state index contributed by atoms with van der Waals surface area (Å²) >= 11 is 0. The lowest BCUT2D eigenvalue weighted by Crippen LogP contribution is -2.43. The van der Waals surface area contributed by atoms with E-state index in [1.165, 1.54) is 0 Å². The molecule has 0 bridgehead atoms. The lowest BCUT2D eigenvalue weighted by molar-refractivity contribution is -0.119. The fourth-order valence-electron chi connectivity index (χ4n) is 6.52. The molecule has 0 fully saturated rings. The van der Waals surface area contributed by atoms with Crippen LogP contribution in [0.4, 0.5) is 0 Å². The van der Waals surface area contributed by atoms with Crippen molar-refractivity contribution in [3.8, 4) is 11.5 Å². The molecule has 0 radical (unpaired) electrons. The lowest BCUT2D eigenvalue weighted by atomic mass is 9.64. The van der Waals surface area contributed by atoms with Crippen molar-refractivity contribution in [3.63, 3.8) is 0 Å².